The van der Waals surface area contributed by atoms with Gasteiger partial charge in [-0.2, -0.15) is 0 Å². The van der Waals surface area contributed by atoms with E-state index in [0.29, 0.717) is 39.6 Å². The fourth-order valence-corrected chi connectivity index (χ4v) is 4.61. The third kappa shape index (κ3) is 4.89. The molecule has 1 N–H and O–H groups in total. The van der Waals surface area contributed by atoms with Crippen molar-refractivity contribution >= 4 is 23.1 Å². The zero-order valence-electron chi connectivity index (χ0n) is 21.9. The topological polar surface area (TPSA) is 85.3 Å². The number of ether oxygens (including phenoxy) is 3. The van der Waals surface area contributed by atoms with E-state index in [2.05, 4.69) is 0 Å². The lowest BCUT2D eigenvalue weighted by Crippen LogP contribution is -2.29. The minimum Gasteiger partial charge on any atom is -0.507 e. The summed E-state index contributed by atoms with van der Waals surface area (Å²) >= 11 is 0. The molecular weight excluding hydrogens is 470 g/mol. The van der Waals surface area contributed by atoms with Gasteiger partial charge in [0, 0.05) is 17.3 Å². The second-order valence-electron chi connectivity index (χ2n) is 9.25. The Balaban J connectivity index is 1.97. The molecule has 1 saturated heterocycles. The summed E-state index contributed by atoms with van der Waals surface area (Å²) in [6.07, 6.45) is -0.0649. The molecule has 1 aliphatic rings. The summed E-state index contributed by atoms with van der Waals surface area (Å²) < 4.78 is 16.6. The van der Waals surface area contributed by atoms with Crippen molar-refractivity contribution in [2.75, 3.05) is 19.1 Å². The standard InChI is InChI=1S/C30H31NO6/c1-17(2)37-23-12-7-9-20(15-23)27-26(28(32)24-13-19(4)25(36-6)14-18(24)3)29(33)30(34)31(27)21-10-8-11-22(16-21)35-5/h7-17,27,32H,1-6H3/b28-26+. The van der Waals surface area contributed by atoms with E-state index in [1.807, 2.05) is 45.9 Å². The van der Waals surface area contributed by atoms with Crippen LogP contribution in [0, 0.1) is 13.8 Å². The summed E-state index contributed by atoms with van der Waals surface area (Å²) in [5.74, 6) is 0.0521. The second kappa shape index (κ2) is 10.4. The van der Waals surface area contributed by atoms with Gasteiger partial charge in [0.15, 0.2) is 0 Å². The third-order valence-corrected chi connectivity index (χ3v) is 6.32. The maximum atomic E-state index is 13.5. The number of anilines is 1. The van der Waals surface area contributed by atoms with Crippen molar-refractivity contribution in [2.24, 2.45) is 0 Å². The number of methoxy groups -OCH3 is 2. The van der Waals surface area contributed by atoms with Crippen molar-refractivity contribution in [3.8, 4) is 17.2 Å². The molecular formula is C30H31NO6. The number of carbonyl (C=O) groups is 2. The number of hydrogen-bond acceptors (Lipinski definition) is 6. The van der Waals surface area contributed by atoms with Crippen LogP contribution in [0.15, 0.2) is 66.2 Å². The molecule has 1 heterocycles. The zero-order chi connectivity index (χ0) is 26.9. The Labute approximate surface area is 216 Å². The average molecular weight is 502 g/mol. The molecule has 3 aromatic carbocycles. The molecule has 1 fully saturated rings. The van der Waals surface area contributed by atoms with Crippen LogP contribution in [0.2, 0.25) is 0 Å². The van der Waals surface area contributed by atoms with Crippen LogP contribution in [0.25, 0.3) is 5.76 Å². The van der Waals surface area contributed by atoms with Crippen molar-refractivity contribution in [2.45, 2.75) is 39.8 Å². The number of aliphatic hydroxyl groups excluding tert-OH is 1. The fraction of sp³-hybridized carbons (Fsp3) is 0.267. The number of aryl methyl sites for hydroxylation is 2. The number of Topliss-reactive ketones (excluding diaryl/α,β-unsaturated/α-hetero) is 1. The normalized spacial score (nSPS) is 16.8. The highest BCUT2D eigenvalue weighted by atomic mass is 16.5. The van der Waals surface area contributed by atoms with E-state index >= 15 is 0 Å². The predicted molar refractivity (Wildman–Crippen MR) is 142 cm³/mol. The van der Waals surface area contributed by atoms with Gasteiger partial charge in [0.1, 0.15) is 23.0 Å². The Morgan fingerprint density at radius 2 is 1.59 bits per heavy atom. The van der Waals surface area contributed by atoms with Crippen LogP contribution in [0.1, 0.15) is 42.1 Å². The largest absolute Gasteiger partial charge is 0.507 e. The Morgan fingerprint density at radius 1 is 0.892 bits per heavy atom. The summed E-state index contributed by atoms with van der Waals surface area (Å²) in [7, 11) is 3.11. The monoisotopic (exact) mass is 501 g/mol. The van der Waals surface area contributed by atoms with E-state index in [9.17, 15) is 14.7 Å². The molecule has 7 heteroatoms. The van der Waals surface area contributed by atoms with Gasteiger partial charge in [0.05, 0.1) is 31.9 Å². The van der Waals surface area contributed by atoms with Crippen LogP contribution in [0.4, 0.5) is 5.69 Å². The van der Waals surface area contributed by atoms with Crippen molar-refractivity contribution in [1.29, 1.82) is 0 Å². The number of carbonyl (C=O) groups excluding carboxylic acids is 2. The highest BCUT2D eigenvalue weighted by Gasteiger charge is 2.47. The van der Waals surface area contributed by atoms with E-state index in [4.69, 9.17) is 14.2 Å². The molecule has 4 rings (SSSR count). The van der Waals surface area contributed by atoms with E-state index in [-0.39, 0.29) is 17.4 Å². The number of amides is 1. The highest BCUT2D eigenvalue weighted by molar-refractivity contribution is 6.51. The first-order valence-corrected chi connectivity index (χ1v) is 12.0. The van der Waals surface area contributed by atoms with Crippen LogP contribution in [0.5, 0.6) is 17.2 Å². The van der Waals surface area contributed by atoms with Gasteiger partial charge in [-0.25, -0.2) is 0 Å². The van der Waals surface area contributed by atoms with Gasteiger partial charge in [0.25, 0.3) is 11.7 Å². The van der Waals surface area contributed by atoms with Gasteiger partial charge in [-0.15, -0.1) is 0 Å². The molecule has 7 nitrogen and oxygen atoms in total. The smallest absolute Gasteiger partial charge is 0.300 e. The molecule has 1 atom stereocenters. The average Bonchev–Trinajstić information content (AvgIpc) is 3.14. The zero-order valence-corrected chi connectivity index (χ0v) is 21.9. The number of aliphatic hydroxyl groups is 1. The third-order valence-electron chi connectivity index (χ3n) is 6.32. The van der Waals surface area contributed by atoms with Crippen molar-refractivity contribution in [1.82, 2.24) is 0 Å². The lowest BCUT2D eigenvalue weighted by atomic mass is 9.93. The molecule has 0 radical (unpaired) electrons. The number of nitrogens with zero attached hydrogens (tertiary/aromatic N) is 1. The number of benzene rings is 3. The van der Waals surface area contributed by atoms with E-state index < -0.39 is 17.7 Å². The number of rotatable bonds is 7. The number of ketones is 1. The first-order chi connectivity index (χ1) is 17.7. The summed E-state index contributed by atoms with van der Waals surface area (Å²) in [6.45, 7) is 7.52. The van der Waals surface area contributed by atoms with Crippen LogP contribution < -0.4 is 19.1 Å². The second-order valence-corrected chi connectivity index (χ2v) is 9.25. The van der Waals surface area contributed by atoms with Gasteiger partial charge >= 0.3 is 0 Å². The Morgan fingerprint density at radius 3 is 2.27 bits per heavy atom. The van der Waals surface area contributed by atoms with Crippen LogP contribution in [0.3, 0.4) is 0 Å². The maximum Gasteiger partial charge on any atom is 0.300 e. The van der Waals surface area contributed by atoms with E-state index in [1.54, 1.807) is 49.6 Å². The van der Waals surface area contributed by atoms with Crippen molar-refractivity contribution in [3.05, 3.63) is 88.5 Å². The molecule has 0 spiro atoms. The van der Waals surface area contributed by atoms with Crippen LogP contribution in [-0.4, -0.2) is 37.1 Å². The van der Waals surface area contributed by atoms with Gasteiger partial charge in [0.2, 0.25) is 0 Å². The van der Waals surface area contributed by atoms with E-state index in [0.717, 1.165) is 5.56 Å². The van der Waals surface area contributed by atoms with E-state index in [1.165, 1.54) is 12.0 Å². The number of hydrogen-bond donors (Lipinski definition) is 1. The fourth-order valence-electron chi connectivity index (χ4n) is 4.61. The highest BCUT2D eigenvalue weighted by Crippen LogP contribution is 2.44. The summed E-state index contributed by atoms with van der Waals surface area (Å²) in [4.78, 5) is 28.4. The van der Waals surface area contributed by atoms with Gasteiger partial charge in [-0.05, 0) is 80.8 Å². The molecule has 3 aromatic rings. The van der Waals surface area contributed by atoms with Crippen LogP contribution >= 0.6 is 0 Å². The lowest BCUT2D eigenvalue weighted by molar-refractivity contribution is -0.132. The minimum atomic E-state index is -0.885. The minimum absolute atomic E-state index is 0.00202. The SMILES string of the molecule is COc1cccc(N2C(=O)C(=O)/C(=C(/O)c3cc(C)c(OC)cc3C)C2c2cccc(OC(C)C)c2)c1. The van der Waals surface area contributed by atoms with Gasteiger partial charge < -0.3 is 19.3 Å². The first-order valence-electron chi connectivity index (χ1n) is 12.0. The van der Waals surface area contributed by atoms with Gasteiger partial charge in [-0.3, -0.25) is 14.5 Å². The molecule has 0 aromatic heterocycles. The summed E-state index contributed by atoms with van der Waals surface area (Å²) in [5, 5.41) is 11.6. The molecule has 192 valence electrons. The Bertz CT molecular complexity index is 1390. The summed E-state index contributed by atoms with van der Waals surface area (Å²) in [6, 6.07) is 16.8. The Hall–Kier alpha value is -4.26. The molecule has 0 aliphatic carbocycles. The predicted octanol–water partition coefficient (Wildman–Crippen LogP) is 5.73. The van der Waals surface area contributed by atoms with Crippen molar-refractivity contribution in [3.63, 3.8) is 0 Å². The first kappa shape index (κ1) is 25.8. The Kier molecular flexibility index (Phi) is 7.25. The molecule has 1 aliphatic heterocycles. The molecule has 0 bridgehead atoms. The lowest BCUT2D eigenvalue weighted by Gasteiger charge is -2.26. The molecule has 0 saturated carbocycles. The van der Waals surface area contributed by atoms with Crippen LogP contribution in [-0.2, 0) is 9.59 Å². The van der Waals surface area contributed by atoms with Gasteiger partial charge in [-0.1, -0.05) is 18.2 Å². The molecule has 1 unspecified atom stereocenters. The maximum absolute atomic E-state index is 13.5. The van der Waals surface area contributed by atoms with Crippen molar-refractivity contribution < 1.29 is 28.9 Å². The quantitative estimate of drug-likeness (QED) is 0.253. The molecule has 1 amide bonds. The molecule has 37 heavy (non-hydrogen) atoms. The summed E-state index contributed by atoms with van der Waals surface area (Å²) in [5.41, 5.74) is 3.07.